The minimum atomic E-state index is -0.656. The number of carbonyl (C=O) groups is 2. The van der Waals surface area contributed by atoms with Crippen molar-refractivity contribution in [3.63, 3.8) is 0 Å². The molecule has 2 fully saturated rings. The average molecular weight is 349 g/mol. The van der Waals surface area contributed by atoms with E-state index in [1.54, 1.807) is 4.90 Å². The molecule has 0 unspecified atom stereocenters. The molecule has 0 aromatic carbocycles. The van der Waals surface area contributed by atoms with Crippen molar-refractivity contribution in [3.8, 4) is 11.8 Å². The van der Waals surface area contributed by atoms with Crippen LogP contribution >= 0.6 is 0 Å². The Balaban J connectivity index is 1.61. The van der Waals surface area contributed by atoms with Crippen LogP contribution in [0.15, 0.2) is 0 Å². The lowest BCUT2D eigenvalue weighted by Gasteiger charge is -2.14. The number of unbranched alkanes of at least 4 members (excludes halogenated alkanes) is 3. The lowest BCUT2D eigenvalue weighted by molar-refractivity contribution is -0.134. The first kappa shape index (κ1) is 19.6. The van der Waals surface area contributed by atoms with Crippen LogP contribution < -0.4 is 5.32 Å². The first-order valence-electron chi connectivity index (χ1n) is 9.62. The fraction of sp³-hybridized carbons (Fsp3) is 0.789. The second-order valence-electron chi connectivity index (χ2n) is 6.77. The molecule has 2 heterocycles. The van der Waals surface area contributed by atoms with Gasteiger partial charge in [-0.1, -0.05) is 38.0 Å². The molecule has 0 aromatic heterocycles. The zero-order valence-electron chi connectivity index (χ0n) is 15.4. The summed E-state index contributed by atoms with van der Waals surface area (Å²) in [7, 11) is 0. The monoisotopic (exact) mass is 349 g/mol. The number of carbonyl (C=O) groups excluding carboxylic acids is 2. The van der Waals surface area contributed by atoms with E-state index >= 15 is 0 Å². The summed E-state index contributed by atoms with van der Waals surface area (Å²) in [6.07, 6.45) is 6.30. The maximum absolute atomic E-state index is 12.2. The zero-order valence-corrected chi connectivity index (χ0v) is 15.4. The van der Waals surface area contributed by atoms with Crippen molar-refractivity contribution >= 4 is 12.0 Å². The van der Waals surface area contributed by atoms with Gasteiger partial charge in [0.05, 0.1) is 13.1 Å². The lowest BCUT2D eigenvalue weighted by Crippen LogP contribution is -2.35. The SMILES string of the molecule is CCCCCCNC(=O)O[C@H]1CCN(CC#CCN2CCCC2)C1=O. The number of likely N-dealkylation sites (tertiary alicyclic amines) is 2. The highest BCUT2D eigenvalue weighted by molar-refractivity contribution is 5.85. The van der Waals surface area contributed by atoms with E-state index in [0.29, 0.717) is 26.1 Å². The molecule has 1 atom stereocenters. The van der Waals surface area contributed by atoms with Gasteiger partial charge in [0.2, 0.25) is 0 Å². The molecule has 0 spiro atoms. The average Bonchev–Trinajstić information content (AvgIpc) is 3.23. The molecule has 1 N–H and O–H groups in total. The quantitative estimate of drug-likeness (QED) is 0.538. The first-order valence-corrected chi connectivity index (χ1v) is 9.62. The molecular formula is C19H31N3O3. The van der Waals surface area contributed by atoms with E-state index in [0.717, 1.165) is 38.9 Å². The molecule has 2 saturated heterocycles. The predicted octanol–water partition coefficient (Wildman–Crippen LogP) is 1.99. The van der Waals surface area contributed by atoms with Crippen LogP contribution in [0.25, 0.3) is 0 Å². The Labute approximate surface area is 151 Å². The molecule has 2 rings (SSSR count). The molecule has 0 aromatic rings. The molecule has 25 heavy (non-hydrogen) atoms. The van der Waals surface area contributed by atoms with E-state index in [1.807, 2.05) is 0 Å². The largest absolute Gasteiger partial charge is 0.436 e. The zero-order chi connectivity index (χ0) is 17.9. The molecule has 0 aliphatic carbocycles. The van der Waals surface area contributed by atoms with Gasteiger partial charge in [-0.3, -0.25) is 9.69 Å². The maximum Gasteiger partial charge on any atom is 0.407 e. The highest BCUT2D eigenvalue weighted by Gasteiger charge is 2.34. The summed E-state index contributed by atoms with van der Waals surface area (Å²) in [5, 5.41) is 2.72. The van der Waals surface area contributed by atoms with Gasteiger partial charge >= 0.3 is 6.09 Å². The van der Waals surface area contributed by atoms with E-state index in [1.165, 1.54) is 19.3 Å². The van der Waals surface area contributed by atoms with Crippen LogP contribution in [0.3, 0.4) is 0 Å². The Morgan fingerprint density at radius 3 is 2.68 bits per heavy atom. The van der Waals surface area contributed by atoms with Crippen LogP contribution in [0.5, 0.6) is 0 Å². The standard InChI is InChI=1S/C19H31N3O3/c1-2-3-4-5-11-20-19(24)25-17-10-16-22(18(17)23)15-9-8-14-21-12-6-7-13-21/h17H,2-7,10-16H2,1H3,(H,20,24)/t17-/m0/s1. The van der Waals surface area contributed by atoms with Crippen molar-refractivity contribution in [2.75, 3.05) is 39.3 Å². The smallest absolute Gasteiger partial charge is 0.407 e. The third-order valence-corrected chi connectivity index (χ3v) is 4.69. The second-order valence-corrected chi connectivity index (χ2v) is 6.77. The van der Waals surface area contributed by atoms with Crippen molar-refractivity contribution in [2.24, 2.45) is 0 Å². The van der Waals surface area contributed by atoms with E-state index in [2.05, 4.69) is 29.0 Å². The Bertz CT molecular complexity index is 492. The summed E-state index contributed by atoms with van der Waals surface area (Å²) < 4.78 is 5.25. The number of hydrogen-bond acceptors (Lipinski definition) is 4. The molecule has 2 aliphatic rings. The maximum atomic E-state index is 12.2. The molecule has 6 heteroatoms. The topological polar surface area (TPSA) is 61.9 Å². The third kappa shape index (κ3) is 6.95. The van der Waals surface area contributed by atoms with Crippen molar-refractivity contribution < 1.29 is 14.3 Å². The van der Waals surface area contributed by atoms with Crippen molar-refractivity contribution in [1.29, 1.82) is 0 Å². The summed E-state index contributed by atoms with van der Waals surface area (Å²) in [5.74, 6) is 6.08. The molecule has 0 bridgehead atoms. The Kier molecular flexibility index (Phi) is 8.61. The Morgan fingerprint density at radius 1 is 1.16 bits per heavy atom. The second kappa shape index (κ2) is 11.0. The van der Waals surface area contributed by atoms with E-state index in [4.69, 9.17) is 4.74 Å². The highest BCUT2D eigenvalue weighted by atomic mass is 16.6. The highest BCUT2D eigenvalue weighted by Crippen LogP contribution is 2.14. The van der Waals surface area contributed by atoms with Gasteiger partial charge in [0, 0.05) is 19.5 Å². The summed E-state index contributed by atoms with van der Waals surface area (Å²) >= 11 is 0. The minimum absolute atomic E-state index is 0.128. The number of amides is 2. The van der Waals surface area contributed by atoms with Crippen molar-refractivity contribution in [3.05, 3.63) is 0 Å². The van der Waals surface area contributed by atoms with E-state index in [-0.39, 0.29) is 5.91 Å². The lowest BCUT2D eigenvalue weighted by atomic mass is 10.2. The molecule has 2 aliphatic heterocycles. The summed E-state index contributed by atoms with van der Waals surface area (Å²) in [6.45, 7) is 6.81. The molecule has 140 valence electrons. The predicted molar refractivity (Wildman–Crippen MR) is 97.1 cm³/mol. The van der Waals surface area contributed by atoms with E-state index < -0.39 is 12.2 Å². The Morgan fingerprint density at radius 2 is 1.92 bits per heavy atom. The number of ether oxygens (including phenoxy) is 1. The van der Waals surface area contributed by atoms with Crippen LogP contribution in [0.2, 0.25) is 0 Å². The van der Waals surface area contributed by atoms with Crippen LogP contribution in [0.1, 0.15) is 51.9 Å². The van der Waals surface area contributed by atoms with Crippen LogP contribution in [-0.4, -0.2) is 67.2 Å². The van der Waals surface area contributed by atoms with Gasteiger partial charge < -0.3 is 15.0 Å². The van der Waals surface area contributed by atoms with Gasteiger partial charge in [-0.2, -0.15) is 0 Å². The number of rotatable bonds is 8. The number of alkyl carbamates (subject to hydrolysis) is 1. The normalized spacial score (nSPS) is 20.4. The van der Waals surface area contributed by atoms with Crippen LogP contribution in [-0.2, 0) is 9.53 Å². The van der Waals surface area contributed by atoms with Gasteiger partial charge in [-0.05, 0) is 32.4 Å². The van der Waals surface area contributed by atoms with Crippen molar-refractivity contribution in [2.45, 2.75) is 58.0 Å². The molecule has 0 radical (unpaired) electrons. The van der Waals surface area contributed by atoms with Gasteiger partial charge in [-0.25, -0.2) is 4.79 Å². The molecule has 6 nitrogen and oxygen atoms in total. The Hall–Kier alpha value is -1.74. The fourth-order valence-electron chi connectivity index (χ4n) is 3.15. The van der Waals surface area contributed by atoms with Crippen LogP contribution in [0.4, 0.5) is 4.79 Å². The van der Waals surface area contributed by atoms with Crippen LogP contribution in [0, 0.1) is 11.8 Å². The third-order valence-electron chi connectivity index (χ3n) is 4.69. The number of nitrogens with zero attached hydrogens (tertiary/aromatic N) is 2. The molecule has 0 saturated carbocycles. The summed E-state index contributed by atoms with van der Waals surface area (Å²) in [4.78, 5) is 28.0. The number of hydrogen-bond donors (Lipinski definition) is 1. The van der Waals surface area contributed by atoms with Gasteiger partial charge in [0.25, 0.3) is 5.91 Å². The molecule has 2 amide bonds. The first-order chi connectivity index (χ1) is 12.2. The van der Waals surface area contributed by atoms with Crippen molar-refractivity contribution in [1.82, 2.24) is 15.1 Å². The fourth-order valence-corrected chi connectivity index (χ4v) is 3.15. The minimum Gasteiger partial charge on any atom is -0.436 e. The van der Waals surface area contributed by atoms with Gasteiger partial charge in [0.15, 0.2) is 6.10 Å². The summed E-state index contributed by atoms with van der Waals surface area (Å²) in [5.41, 5.74) is 0. The van der Waals surface area contributed by atoms with E-state index in [9.17, 15) is 9.59 Å². The van der Waals surface area contributed by atoms with Gasteiger partial charge in [0.1, 0.15) is 0 Å². The number of nitrogens with one attached hydrogen (secondary N) is 1. The molecular weight excluding hydrogens is 318 g/mol. The summed E-state index contributed by atoms with van der Waals surface area (Å²) in [6, 6.07) is 0. The van der Waals surface area contributed by atoms with Gasteiger partial charge in [-0.15, -0.1) is 0 Å².